The Morgan fingerprint density at radius 2 is 2.11 bits per heavy atom. The lowest BCUT2D eigenvalue weighted by molar-refractivity contribution is 0.0208. The molecule has 2 unspecified atom stereocenters. The second kappa shape index (κ2) is 6.21. The Hall–Kier alpha value is -1.05. The summed E-state index contributed by atoms with van der Waals surface area (Å²) in [7, 11) is 1.74. The topological polar surface area (TPSA) is 42.2 Å². The van der Waals surface area contributed by atoms with Gasteiger partial charge in [0.1, 0.15) is 23.5 Å². The third-order valence-electron chi connectivity index (χ3n) is 3.29. The van der Waals surface area contributed by atoms with Crippen molar-refractivity contribution in [3.8, 4) is 11.8 Å². The van der Waals surface area contributed by atoms with Crippen LogP contribution in [0.4, 0.5) is 0 Å². The summed E-state index contributed by atoms with van der Waals surface area (Å²) in [6, 6.07) is 7.76. The highest BCUT2D eigenvalue weighted by Crippen LogP contribution is 2.30. The molecule has 1 fully saturated rings. The van der Waals surface area contributed by atoms with E-state index in [1.807, 2.05) is 18.2 Å². The first-order valence-corrected chi connectivity index (χ1v) is 6.92. The number of hydrogen-bond donors (Lipinski definition) is 0. The lowest BCUT2D eigenvalue weighted by Gasteiger charge is -2.29. The first kappa shape index (κ1) is 13.4. The molecule has 0 aliphatic heterocycles. The minimum Gasteiger partial charge on any atom is -0.489 e. The standard InChI is InChI=1S/C14H16BrNO2/c1-17-10-4-2-5-11(8-10)18-14-7-3-6-13(15)12(14)9-16/h3,6-7,10-11H,2,4-5,8H2,1H3. The van der Waals surface area contributed by atoms with Crippen molar-refractivity contribution in [1.29, 1.82) is 5.26 Å². The summed E-state index contributed by atoms with van der Waals surface area (Å²) >= 11 is 3.37. The number of benzene rings is 1. The smallest absolute Gasteiger partial charge is 0.138 e. The van der Waals surface area contributed by atoms with E-state index in [2.05, 4.69) is 22.0 Å². The number of methoxy groups -OCH3 is 1. The van der Waals surface area contributed by atoms with Crippen molar-refractivity contribution >= 4 is 15.9 Å². The Labute approximate surface area is 116 Å². The minimum absolute atomic E-state index is 0.144. The van der Waals surface area contributed by atoms with Gasteiger partial charge in [-0.1, -0.05) is 6.07 Å². The van der Waals surface area contributed by atoms with Crippen LogP contribution in [0.1, 0.15) is 31.2 Å². The first-order valence-electron chi connectivity index (χ1n) is 6.12. The molecule has 2 rings (SSSR count). The lowest BCUT2D eigenvalue weighted by Crippen LogP contribution is -2.29. The number of nitrogens with zero attached hydrogens (tertiary/aromatic N) is 1. The summed E-state index contributed by atoms with van der Waals surface area (Å²) in [4.78, 5) is 0. The fourth-order valence-electron chi connectivity index (χ4n) is 2.31. The number of halogens is 1. The number of rotatable bonds is 3. The highest BCUT2D eigenvalue weighted by molar-refractivity contribution is 9.10. The summed E-state index contributed by atoms with van der Waals surface area (Å²) in [6.45, 7) is 0. The summed E-state index contributed by atoms with van der Waals surface area (Å²) in [6.07, 6.45) is 4.55. The predicted molar refractivity (Wildman–Crippen MR) is 72.5 cm³/mol. The van der Waals surface area contributed by atoms with Crippen LogP contribution in [0.15, 0.2) is 22.7 Å². The molecule has 0 radical (unpaired) electrons. The molecular weight excluding hydrogens is 294 g/mol. The Kier molecular flexibility index (Phi) is 4.62. The van der Waals surface area contributed by atoms with Crippen molar-refractivity contribution in [2.24, 2.45) is 0 Å². The Bertz CT molecular complexity index is 456. The van der Waals surface area contributed by atoms with Crippen molar-refractivity contribution in [1.82, 2.24) is 0 Å². The molecule has 3 nitrogen and oxygen atoms in total. The van der Waals surface area contributed by atoms with E-state index in [4.69, 9.17) is 14.7 Å². The van der Waals surface area contributed by atoms with Gasteiger partial charge in [-0.25, -0.2) is 0 Å². The third-order valence-corrected chi connectivity index (χ3v) is 3.95. The van der Waals surface area contributed by atoms with E-state index in [9.17, 15) is 0 Å². The van der Waals surface area contributed by atoms with Gasteiger partial charge >= 0.3 is 0 Å². The molecule has 2 atom stereocenters. The predicted octanol–water partition coefficient (Wildman–Crippen LogP) is 3.66. The van der Waals surface area contributed by atoms with E-state index in [1.165, 1.54) is 0 Å². The second-order valence-corrected chi connectivity index (χ2v) is 5.34. The molecular formula is C14H16BrNO2. The van der Waals surface area contributed by atoms with E-state index < -0.39 is 0 Å². The minimum atomic E-state index is 0.144. The van der Waals surface area contributed by atoms with Crippen LogP contribution in [0, 0.1) is 11.3 Å². The van der Waals surface area contributed by atoms with Crippen LogP contribution in [-0.4, -0.2) is 19.3 Å². The maximum Gasteiger partial charge on any atom is 0.138 e. The number of hydrogen-bond acceptors (Lipinski definition) is 3. The molecule has 0 bridgehead atoms. The molecule has 0 spiro atoms. The van der Waals surface area contributed by atoms with Crippen LogP contribution in [0.5, 0.6) is 5.75 Å². The molecule has 1 aliphatic rings. The van der Waals surface area contributed by atoms with Gasteiger partial charge in [-0.05, 0) is 47.3 Å². The highest BCUT2D eigenvalue weighted by atomic mass is 79.9. The normalized spacial score (nSPS) is 23.4. The Morgan fingerprint density at radius 1 is 1.33 bits per heavy atom. The van der Waals surface area contributed by atoms with E-state index in [1.54, 1.807) is 7.11 Å². The number of nitriles is 1. The molecule has 0 heterocycles. The van der Waals surface area contributed by atoms with E-state index in [0.29, 0.717) is 11.3 Å². The monoisotopic (exact) mass is 309 g/mol. The fourth-order valence-corrected chi connectivity index (χ4v) is 2.75. The highest BCUT2D eigenvalue weighted by Gasteiger charge is 2.24. The van der Waals surface area contributed by atoms with Gasteiger partial charge in [0, 0.05) is 18.0 Å². The van der Waals surface area contributed by atoms with Crippen molar-refractivity contribution in [2.75, 3.05) is 7.11 Å². The molecule has 1 aromatic rings. The van der Waals surface area contributed by atoms with Crippen LogP contribution in [-0.2, 0) is 4.74 Å². The average molecular weight is 310 g/mol. The van der Waals surface area contributed by atoms with Crippen LogP contribution in [0.2, 0.25) is 0 Å². The van der Waals surface area contributed by atoms with E-state index >= 15 is 0 Å². The van der Waals surface area contributed by atoms with Crippen LogP contribution in [0.25, 0.3) is 0 Å². The number of ether oxygens (including phenoxy) is 2. The summed E-state index contributed by atoms with van der Waals surface area (Å²) < 4.78 is 12.1. The molecule has 1 aromatic carbocycles. The first-order chi connectivity index (χ1) is 8.74. The van der Waals surface area contributed by atoms with E-state index in [-0.39, 0.29) is 12.2 Å². The maximum atomic E-state index is 9.14. The molecule has 0 saturated heterocycles. The molecule has 0 N–H and O–H groups in total. The van der Waals surface area contributed by atoms with Crippen LogP contribution >= 0.6 is 15.9 Å². The van der Waals surface area contributed by atoms with Crippen molar-refractivity contribution < 1.29 is 9.47 Å². The molecule has 96 valence electrons. The zero-order valence-electron chi connectivity index (χ0n) is 10.4. The van der Waals surface area contributed by atoms with Gasteiger partial charge in [0.15, 0.2) is 0 Å². The third kappa shape index (κ3) is 3.04. The van der Waals surface area contributed by atoms with Crippen molar-refractivity contribution in [3.63, 3.8) is 0 Å². The van der Waals surface area contributed by atoms with Gasteiger partial charge in [0.05, 0.1) is 6.10 Å². The Morgan fingerprint density at radius 3 is 2.83 bits per heavy atom. The average Bonchev–Trinajstić information content (AvgIpc) is 2.39. The van der Waals surface area contributed by atoms with Gasteiger partial charge in [-0.3, -0.25) is 0 Å². The maximum absolute atomic E-state index is 9.14. The van der Waals surface area contributed by atoms with Gasteiger partial charge in [-0.15, -0.1) is 0 Å². The zero-order valence-corrected chi connectivity index (χ0v) is 11.9. The molecule has 18 heavy (non-hydrogen) atoms. The Balaban J connectivity index is 2.10. The van der Waals surface area contributed by atoms with Gasteiger partial charge in [0.2, 0.25) is 0 Å². The molecule has 0 amide bonds. The summed E-state index contributed by atoms with van der Waals surface area (Å²) in [5, 5.41) is 9.14. The van der Waals surface area contributed by atoms with Gasteiger partial charge < -0.3 is 9.47 Å². The summed E-state index contributed by atoms with van der Waals surface area (Å²) in [5.74, 6) is 0.661. The molecule has 0 aromatic heterocycles. The zero-order chi connectivity index (χ0) is 13.0. The van der Waals surface area contributed by atoms with Crippen LogP contribution in [0.3, 0.4) is 0 Å². The fraction of sp³-hybridized carbons (Fsp3) is 0.500. The lowest BCUT2D eigenvalue weighted by atomic mass is 9.95. The largest absolute Gasteiger partial charge is 0.489 e. The van der Waals surface area contributed by atoms with E-state index in [0.717, 1.165) is 30.2 Å². The van der Waals surface area contributed by atoms with Crippen LogP contribution < -0.4 is 4.74 Å². The SMILES string of the molecule is COC1CCCC(Oc2cccc(Br)c2C#N)C1. The quantitative estimate of drug-likeness (QED) is 0.855. The van der Waals surface area contributed by atoms with Gasteiger partial charge in [-0.2, -0.15) is 5.26 Å². The van der Waals surface area contributed by atoms with Gasteiger partial charge in [0.25, 0.3) is 0 Å². The van der Waals surface area contributed by atoms with Crippen molar-refractivity contribution in [2.45, 2.75) is 37.9 Å². The molecule has 1 saturated carbocycles. The second-order valence-electron chi connectivity index (χ2n) is 4.49. The molecule has 4 heteroatoms. The van der Waals surface area contributed by atoms with Crippen molar-refractivity contribution in [3.05, 3.63) is 28.2 Å². The molecule has 1 aliphatic carbocycles. The summed E-state index contributed by atoms with van der Waals surface area (Å²) in [5.41, 5.74) is 0.567.